The molecular weight excluding hydrogens is 214 g/mol. The van der Waals surface area contributed by atoms with Gasteiger partial charge < -0.3 is 10.3 Å². The van der Waals surface area contributed by atoms with Crippen LogP contribution in [0.2, 0.25) is 0 Å². The van der Waals surface area contributed by atoms with Gasteiger partial charge in [0.15, 0.2) is 6.20 Å². The summed E-state index contributed by atoms with van der Waals surface area (Å²) in [6, 6.07) is 2.96. The van der Waals surface area contributed by atoms with Crippen molar-refractivity contribution in [2.24, 2.45) is 0 Å². The van der Waals surface area contributed by atoms with Crippen LogP contribution < -0.4 is 4.73 Å². The minimum absolute atomic E-state index is 0.280. The molecule has 0 spiro atoms. The summed E-state index contributed by atoms with van der Waals surface area (Å²) in [6.07, 6.45) is 1.13. The molecule has 0 unspecified atom stereocenters. The molecule has 58 valence electrons. The van der Waals surface area contributed by atoms with Gasteiger partial charge in [-0.1, -0.05) is 0 Å². The summed E-state index contributed by atoms with van der Waals surface area (Å²) in [5, 5.41) is 19.3. The minimum Gasteiger partial charge on any atom is -0.618 e. The number of pyridine rings is 1. The van der Waals surface area contributed by atoms with Crippen molar-refractivity contribution in [3.8, 4) is 0 Å². The summed E-state index contributed by atoms with van der Waals surface area (Å²) in [5.41, 5.74) is -0.299. The first kappa shape index (κ1) is 8.00. The van der Waals surface area contributed by atoms with Gasteiger partial charge in [-0.15, -0.1) is 0 Å². The maximum atomic E-state index is 10.8. The van der Waals surface area contributed by atoms with E-state index in [0.717, 1.165) is 6.20 Å². The second-order valence-electron chi connectivity index (χ2n) is 1.84. The molecule has 0 fully saturated rings. The zero-order chi connectivity index (χ0) is 8.43. The van der Waals surface area contributed by atoms with E-state index in [-0.39, 0.29) is 10.2 Å². The quantitative estimate of drug-likeness (QED) is 0.559. The molecule has 1 aromatic heterocycles. The van der Waals surface area contributed by atoms with E-state index in [1.54, 1.807) is 0 Å². The van der Waals surface area contributed by atoms with Crippen molar-refractivity contribution in [2.45, 2.75) is 0 Å². The van der Waals surface area contributed by atoms with Crippen LogP contribution in [-0.2, 0) is 0 Å². The van der Waals surface area contributed by atoms with Crippen LogP contribution in [0, 0.1) is 5.21 Å². The van der Waals surface area contributed by atoms with E-state index in [2.05, 4.69) is 15.9 Å². The Hall–Kier alpha value is -1.10. The van der Waals surface area contributed by atoms with Crippen molar-refractivity contribution in [2.75, 3.05) is 0 Å². The Kier molecular flexibility index (Phi) is 2.09. The fourth-order valence-corrected chi connectivity index (χ4v) is 1.16. The van der Waals surface area contributed by atoms with Crippen LogP contribution in [0.5, 0.6) is 0 Å². The topological polar surface area (TPSA) is 64.2 Å². The Morgan fingerprint density at radius 1 is 1.73 bits per heavy atom. The molecule has 0 bridgehead atoms. The molecule has 0 aliphatic heterocycles. The molecule has 1 aromatic rings. The van der Waals surface area contributed by atoms with Gasteiger partial charge in [0.1, 0.15) is 0 Å². The van der Waals surface area contributed by atoms with Crippen molar-refractivity contribution in [3.63, 3.8) is 0 Å². The number of carboxylic acid groups (broad SMARTS) is 1. The van der Waals surface area contributed by atoms with Crippen LogP contribution in [0.3, 0.4) is 0 Å². The van der Waals surface area contributed by atoms with Crippen LogP contribution in [0.15, 0.2) is 22.8 Å². The van der Waals surface area contributed by atoms with E-state index in [9.17, 15) is 10.0 Å². The number of hydrogen-bond donors (Lipinski definition) is 1. The van der Waals surface area contributed by atoms with Gasteiger partial charge >= 0.3 is 11.7 Å². The highest BCUT2D eigenvalue weighted by molar-refractivity contribution is 9.10. The van der Waals surface area contributed by atoms with Gasteiger partial charge in [-0.25, -0.2) is 4.79 Å². The van der Waals surface area contributed by atoms with Gasteiger partial charge in [0.25, 0.3) is 0 Å². The van der Waals surface area contributed by atoms with Crippen LogP contribution >= 0.6 is 15.9 Å². The minimum atomic E-state index is -1.24. The number of aromatic carboxylic acids is 1. The van der Waals surface area contributed by atoms with Crippen molar-refractivity contribution < 1.29 is 14.6 Å². The molecule has 0 saturated heterocycles. The van der Waals surface area contributed by atoms with Gasteiger partial charge in [-0.05, 0) is 22.0 Å². The number of nitrogens with zero attached hydrogens (tertiary/aromatic N) is 1. The van der Waals surface area contributed by atoms with Gasteiger partial charge in [0.2, 0.25) is 0 Å². The van der Waals surface area contributed by atoms with Gasteiger partial charge in [0.05, 0.1) is 4.47 Å². The van der Waals surface area contributed by atoms with Crippen molar-refractivity contribution >= 4 is 21.9 Å². The Morgan fingerprint density at radius 3 is 2.73 bits per heavy atom. The SMILES string of the molecule is O=C(O)c1c(Br)ccc[n+]1[O-]. The predicted molar refractivity (Wildman–Crippen MR) is 40.1 cm³/mol. The molecule has 0 aliphatic carbocycles. The zero-order valence-corrected chi connectivity index (χ0v) is 6.91. The van der Waals surface area contributed by atoms with Gasteiger partial charge in [-0.3, -0.25) is 0 Å². The Morgan fingerprint density at radius 2 is 2.36 bits per heavy atom. The summed E-state index contributed by atoms with van der Waals surface area (Å²) in [5.74, 6) is -1.24. The zero-order valence-electron chi connectivity index (χ0n) is 5.32. The summed E-state index contributed by atoms with van der Waals surface area (Å²) < 4.78 is 0.578. The maximum absolute atomic E-state index is 10.8. The molecule has 0 radical (unpaired) electrons. The highest BCUT2D eigenvalue weighted by Gasteiger charge is 2.17. The summed E-state index contributed by atoms with van der Waals surface area (Å²) in [4.78, 5) is 10.4. The second-order valence-corrected chi connectivity index (χ2v) is 2.69. The fourth-order valence-electron chi connectivity index (χ4n) is 0.661. The lowest BCUT2D eigenvalue weighted by molar-refractivity contribution is -0.609. The fraction of sp³-hybridized carbons (Fsp3) is 0. The average Bonchev–Trinajstić information content (AvgIpc) is 1.85. The number of carbonyl (C=O) groups is 1. The van der Waals surface area contributed by atoms with Crippen LogP contribution in [0.25, 0.3) is 0 Å². The second kappa shape index (κ2) is 2.87. The monoisotopic (exact) mass is 217 g/mol. The van der Waals surface area contributed by atoms with E-state index in [0.29, 0.717) is 4.73 Å². The molecule has 1 heterocycles. The lowest BCUT2D eigenvalue weighted by atomic mass is 10.3. The standard InChI is InChI=1S/C6H4BrNO3/c7-4-2-1-3-8(11)5(4)6(9)10/h1-3H,(H,9,10). The van der Waals surface area contributed by atoms with Crippen LogP contribution in [0.4, 0.5) is 0 Å². The molecule has 1 rings (SSSR count). The molecule has 0 aliphatic rings. The lowest BCUT2D eigenvalue weighted by Gasteiger charge is -1.99. The molecule has 1 N–H and O–H groups in total. The third kappa shape index (κ3) is 1.48. The first-order valence-electron chi connectivity index (χ1n) is 2.74. The highest BCUT2D eigenvalue weighted by Crippen LogP contribution is 2.10. The number of aromatic nitrogens is 1. The van der Waals surface area contributed by atoms with E-state index in [1.807, 2.05) is 0 Å². The third-order valence-electron chi connectivity index (χ3n) is 1.11. The Bertz CT molecular complexity index is 280. The van der Waals surface area contributed by atoms with Crippen molar-refractivity contribution in [3.05, 3.63) is 33.7 Å². The number of hydrogen-bond acceptors (Lipinski definition) is 2. The summed E-state index contributed by atoms with van der Waals surface area (Å²) in [6.45, 7) is 0. The van der Waals surface area contributed by atoms with E-state index >= 15 is 0 Å². The van der Waals surface area contributed by atoms with Crippen LogP contribution in [0.1, 0.15) is 10.5 Å². The van der Waals surface area contributed by atoms with Crippen molar-refractivity contribution in [1.82, 2.24) is 0 Å². The highest BCUT2D eigenvalue weighted by atomic mass is 79.9. The summed E-state index contributed by atoms with van der Waals surface area (Å²) >= 11 is 2.95. The van der Waals surface area contributed by atoms with E-state index < -0.39 is 5.97 Å². The first-order chi connectivity index (χ1) is 5.13. The van der Waals surface area contributed by atoms with Crippen molar-refractivity contribution in [1.29, 1.82) is 0 Å². The van der Waals surface area contributed by atoms with E-state index in [1.165, 1.54) is 12.1 Å². The molecule has 4 nitrogen and oxygen atoms in total. The molecule has 11 heavy (non-hydrogen) atoms. The van der Waals surface area contributed by atoms with Gasteiger partial charge in [-0.2, -0.15) is 4.73 Å². The smallest absolute Gasteiger partial charge is 0.403 e. The number of rotatable bonds is 1. The molecule has 0 saturated carbocycles. The molecular formula is C6H4BrNO3. The molecule has 0 amide bonds. The predicted octanol–water partition coefficient (Wildman–Crippen LogP) is 0.781. The third-order valence-corrected chi connectivity index (χ3v) is 1.75. The molecule has 0 atom stereocenters. The first-order valence-corrected chi connectivity index (χ1v) is 3.53. The normalized spacial score (nSPS) is 9.55. The lowest BCUT2D eigenvalue weighted by Crippen LogP contribution is -2.34. The number of carboxylic acids is 1. The molecule has 5 heteroatoms. The number of halogens is 1. The maximum Gasteiger partial charge on any atom is 0.403 e. The molecule has 0 aromatic carbocycles. The van der Waals surface area contributed by atoms with Crippen LogP contribution in [-0.4, -0.2) is 11.1 Å². The summed E-state index contributed by atoms with van der Waals surface area (Å²) in [7, 11) is 0. The Labute approximate surface area is 70.8 Å². The van der Waals surface area contributed by atoms with Gasteiger partial charge in [0, 0.05) is 6.07 Å². The van der Waals surface area contributed by atoms with E-state index in [4.69, 9.17) is 5.11 Å². The average molecular weight is 218 g/mol. The Balaban J connectivity index is 3.32. The largest absolute Gasteiger partial charge is 0.618 e.